The van der Waals surface area contributed by atoms with Gasteiger partial charge in [-0.3, -0.25) is 9.59 Å². The first kappa shape index (κ1) is 12.6. The number of likely N-dealkylation sites (tertiary alicyclic amines) is 1. The second kappa shape index (κ2) is 5.18. The van der Waals surface area contributed by atoms with Crippen molar-refractivity contribution in [2.24, 2.45) is 0 Å². The molecule has 1 aliphatic heterocycles. The molecule has 96 valence electrons. The summed E-state index contributed by atoms with van der Waals surface area (Å²) in [6.45, 7) is 2.42. The Bertz CT molecular complexity index is 456. The average molecular weight is 248 g/mol. The fourth-order valence-electron chi connectivity index (χ4n) is 2.01. The predicted molar refractivity (Wildman–Crippen MR) is 67.3 cm³/mol. The van der Waals surface area contributed by atoms with Gasteiger partial charge in [0.05, 0.1) is 6.10 Å². The molecule has 18 heavy (non-hydrogen) atoms. The summed E-state index contributed by atoms with van der Waals surface area (Å²) < 4.78 is 0. The van der Waals surface area contributed by atoms with Crippen molar-refractivity contribution in [1.29, 1.82) is 0 Å². The number of hydrogen-bond donors (Lipinski definition) is 2. The van der Waals surface area contributed by atoms with E-state index in [1.165, 1.54) is 6.92 Å². The maximum Gasteiger partial charge on any atom is 0.253 e. The van der Waals surface area contributed by atoms with Crippen LogP contribution in [0.25, 0.3) is 0 Å². The molecule has 0 spiro atoms. The molecule has 1 aromatic carbocycles. The van der Waals surface area contributed by atoms with Crippen molar-refractivity contribution in [1.82, 2.24) is 4.90 Å². The number of nitrogens with one attached hydrogen (secondary N) is 1. The lowest BCUT2D eigenvalue weighted by Gasteiger charge is -2.15. The van der Waals surface area contributed by atoms with Gasteiger partial charge in [-0.15, -0.1) is 0 Å². The number of β-amino-alcohol motifs (C(OH)–C–C–N with tert-alkyl or cyclic N) is 1. The first-order chi connectivity index (χ1) is 8.56. The van der Waals surface area contributed by atoms with E-state index in [2.05, 4.69) is 5.32 Å². The third kappa shape index (κ3) is 2.87. The molecule has 1 atom stereocenters. The summed E-state index contributed by atoms with van der Waals surface area (Å²) in [5.41, 5.74) is 1.23. The van der Waals surface area contributed by atoms with Gasteiger partial charge >= 0.3 is 0 Å². The van der Waals surface area contributed by atoms with E-state index in [1.807, 2.05) is 0 Å². The molecule has 2 amide bonds. The molecule has 1 heterocycles. The molecule has 5 nitrogen and oxygen atoms in total. The Kier molecular flexibility index (Phi) is 3.62. The van der Waals surface area contributed by atoms with Crippen LogP contribution in [0, 0.1) is 0 Å². The van der Waals surface area contributed by atoms with E-state index in [0.717, 1.165) is 0 Å². The average Bonchev–Trinajstić information content (AvgIpc) is 2.75. The van der Waals surface area contributed by atoms with Crippen LogP contribution in [0.15, 0.2) is 24.3 Å². The van der Waals surface area contributed by atoms with Crippen LogP contribution in [0.4, 0.5) is 5.69 Å². The van der Waals surface area contributed by atoms with Crippen molar-refractivity contribution in [2.45, 2.75) is 19.4 Å². The van der Waals surface area contributed by atoms with E-state index in [9.17, 15) is 14.7 Å². The molecule has 0 aromatic heterocycles. The lowest BCUT2D eigenvalue weighted by Crippen LogP contribution is -2.29. The standard InChI is InChI=1S/C13H16N2O3/c1-9(16)14-11-4-2-10(3-5-11)13(18)15-7-6-12(17)8-15/h2-5,12,17H,6-8H2,1H3,(H,14,16)/t12-/m1/s1. The molecule has 2 rings (SSSR count). The number of carbonyl (C=O) groups excluding carboxylic acids is 2. The summed E-state index contributed by atoms with van der Waals surface area (Å²) >= 11 is 0. The summed E-state index contributed by atoms with van der Waals surface area (Å²) in [4.78, 5) is 24.6. The number of rotatable bonds is 2. The van der Waals surface area contributed by atoms with Crippen LogP contribution in [0.3, 0.4) is 0 Å². The van der Waals surface area contributed by atoms with E-state index < -0.39 is 6.10 Å². The Morgan fingerprint density at radius 2 is 2.00 bits per heavy atom. The summed E-state index contributed by atoms with van der Waals surface area (Å²) in [6, 6.07) is 6.75. The van der Waals surface area contributed by atoms with E-state index in [1.54, 1.807) is 29.2 Å². The van der Waals surface area contributed by atoms with Crippen molar-refractivity contribution in [3.63, 3.8) is 0 Å². The van der Waals surface area contributed by atoms with Gasteiger partial charge < -0.3 is 15.3 Å². The Morgan fingerprint density at radius 3 is 2.50 bits per heavy atom. The predicted octanol–water partition coefficient (Wildman–Crippen LogP) is 0.852. The molecular weight excluding hydrogens is 232 g/mol. The molecule has 0 bridgehead atoms. The maximum absolute atomic E-state index is 12.1. The topological polar surface area (TPSA) is 69.6 Å². The van der Waals surface area contributed by atoms with E-state index in [0.29, 0.717) is 30.8 Å². The fraction of sp³-hybridized carbons (Fsp3) is 0.385. The number of amides is 2. The van der Waals surface area contributed by atoms with Gasteiger partial charge in [-0.05, 0) is 30.7 Å². The third-order valence-corrected chi connectivity index (χ3v) is 2.90. The zero-order valence-electron chi connectivity index (χ0n) is 10.2. The summed E-state index contributed by atoms with van der Waals surface area (Å²) in [6.07, 6.45) is 0.225. The summed E-state index contributed by atoms with van der Waals surface area (Å²) in [5.74, 6) is -0.224. The second-order valence-electron chi connectivity index (χ2n) is 4.45. The lowest BCUT2D eigenvalue weighted by atomic mass is 10.2. The first-order valence-corrected chi connectivity index (χ1v) is 5.91. The van der Waals surface area contributed by atoms with Gasteiger partial charge in [0.1, 0.15) is 0 Å². The zero-order chi connectivity index (χ0) is 13.1. The van der Waals surface area contributed by atoms with Gasteiger partial charge in [0.25, 0.3) is 5.91 Å². The molecule has 0 radical (unpaired) electrons. The zero-order valence-corrected chi connectivity index (χ0v) is 10.2. The normalized spacial score (nSPS) is 18.8. The molecule has 1 saturated heterocycles. The van der Waals surface area contributed by atoms with Gasteiger partial charge in [-0.2, -0.15) is 0 Å². The smallest absolute Gasteiger partial charge is 0.253 e. The number of anilines is 1. The van der Waals surface area contributed by atoms with Crippen LogP contribution >= 0.6 is 0 Å². The van der Waals surface area contributed by atoms with Crippen LogP contribution in [0.2, 0.25) is 0 Å². The second-order valence-corrected chi connectivity index (χ2v) is 4.45. The number of aliphatic hydroxyl groups is 1. The van der Waals surface area contributed by atoms with Crippen LogP contribution < -0.4 is 5.32 Å². The minimum absolute atomic E-state index is 0.0825. The van der Waals surface area contributed by atoms with Crippen molar-refractivity contribution in [2.75, 3.05) is 18.4 Å². The van der Waals surface area contributed by atoms with Gasteiger partial charge in [0.15, 0.2) is 0 Å². The minimum Gasteiger partial charge on any atom is -0.391 e. The highest BCUT2D eigenvalue weighted by atomic mass is 16.3. The third-order valence-electron chi connectivity index (χ3n) is 2.90. The van der Waals surface area contributed by atoms with E-state index in [-0.39, 0.29) is 11.8 Å². The van der Waals surface area contributed by atoms with E-state index in [4.69, 9.17) is 0 Å². The van der Waals surface area contributed by atoms with Crippen LogP contribution in [-0.2, 0) is 4.79 Å². The van der Waals surface area contributed by atoms with Crippen LogP contribution in [0.5, 0.6) is 0 Å². The highest BCUT2D eigenvalue weighted by Crippen LogP contribution is 2.15. The molecule has 0 unspecified atom stereocenters. The van der Waals surface area contributed by atoms with Crippen molar-refractivity contribution in [3.05, 3.63) is 29.8 Å². The van der Waals surface area contributed by atoms with Crippen LogP contribution in [0.1, 0.15) is 23.7 Å². The SMILES string of the molecule is CC(=O)Nc1ccc(C(=O)N2CC[C@@H](O)C2)cc1. The molecule has 1 fully saturated rings. The summed E-state index contributed by atoms with van der Waals surface area (Å²) in [7, 11) is 0. The lowest BCUT2D eigenvalue weighted by molar-refractivity contribution is -0.114. The fourth-order valence-corrected chi connectivity index (χ4v) is 2.01. The Morgan fingerprint density at radius 1 is 1.33 bits per heavy atom. The highest BCUT2D eigenvalue weighted by Gasteiger charge is 2.25. The maximum atomic E-state index is 12.1. The van der Waals surface area contributed by atoms with Gasteiger partial charge in [0.2, 0.25) is 5.91 Å². The molecule has 0 aliphatic carbocycles. The number of carbonyl (C=O) groups is 2. The number of aliphatic hydroxyl groups excluding tert-OH is 1. The van der Waals surface area contributed by atoms with Gasteiger partial charge in [-0.25, -0.2) is 0 Å². The highest BCUT2D eigenvalue weighted by molar-refractivity contribution is 5.95. The number of hydrogen-bond acceptors (Lipinski definition) is 3. The molecule has 1 aliphatic rings. The van der Waals surface area contributed by atoms with Gasteiger partial charge in [-0.1, -0.05) is 0 Å². The van der Waals surface area contributed by atoms with Crippen LogP contribution in [-0.4, -0.2) is 41.0 Å². The molecular formula is C13H16N2O3. The Balaban J connectivity index is 2.05. The number of benzene rings is 1. The van der Waals surface area contributed by atoms with E-state index >= 15 is 0 Å². The first-order valence-electron chi connectivity index (χ1n) is 5.91. The molecule has 2 N–H and O–H groups in total. The van der Waals surface area contributed by atoms with Crippen molar-refractivity contribution in [3.8, 4) is 0 Å². The Hall–Kier alpha value is -1.88. The van der Waals surface area contributed by atoms with Crippen molar-refractivity contribution >= 4 is 17.5 Å². The number of nitrogens with zero attached hydrogens (tertiary/aromatic N) is 1. The van der Waals surface area contributed by atoms with Crippen molar-refractivity contribution < 1.29 is 14.7 Å². The monoisotopic (exact) mass is 248 g/mol. The summed E-state index contributed by atoms with van der Waals surface area (Å²) in [5, 5.41) is 12.0. The Labute approximate surface area is 105 Å². The molecule has 5 heteroatoms. The van der Waals surface area contributed by atoms with Gasteiger partial charge in [0, 0.05) is 31.3 Å². The quantitative estimate of drug-likeness (QED) is 0.815. The minimum atomic E-state index is -0.410. The molecule has 1 aromatic rings. The molecule has 0 saturated carbocycles. The largest absolute Gasteiger partial charge is 0.391 e.